The molecular weight excluding hydrogens is 431 g/mol. The van der Waals surface area contributed by atoms with E-state index in [2.05, 4.69) is 53.8 Å². The van der Waals surface area contributed by atoms with Crippen LogP contribution < -0.4 is 0 Å². The Morgan fingerprint density at radius 1 is 0.923 bits per heavy atom. The van der Waals surface area contributed by atoms with E-state index in [1.54, 1.807) is 5.56 Å². The van der Waals surface area contributed by atoms with Crippen molar-refractivity contribution in [2.24, 2.45) is 23.2 Å². The van der Waals surface area contributed by atoms with E-state index in [-0.39, 0.29) is 5.41 Å². The van der Waals surface area contributed by atoms with Crippen LogP contribution in [-0.2, 0) is 4.79 Å². The van der Waals surface area contributed by atoms with Crippen molar-refractivity contribution in [3.8, 4) is 0 Å². The van der Waals surface area contributed by atoms with E-state index >= 15 is 0 Å². The average Bonchev–Trinajstić information content (AvgIpc) is 2.97. The third-order valence-corrected chi connectivity index (χ3v) is 9.11. The highest BCUT2D eigenvalue weighted by atomic mass is 127. The zero-order chi connectivity index (χ0) is 17.9. The Labute approximate surface area is 171 Å². The van der Waals surface area contributed by atoms with Crippen LogP contribution in [-0.4, -0.2) is 5.78 Å². The third-order valence-electron chi connectivity index (χ3n) is 8.39. The van der Waals surface area contributed by atoms with Crippen LogP contribution in [0.2, 0.25) is 0 Å². The van der Waals surface area contributed by atoms with Gasteiger partial charge in [0.2, 0.25) is 0 Å². The summed E-state index contributed by atoms with van der Waals surface area (Å²) in [5, 5.41) is 0. The number of hydrogen-bond acceptors (Lipinski definition) is 1. The Bertz CT molecular complexity index is 761. The van der Waals surface area contributed by atoms with E-state index in [1.807, 2.05) is 11.1 Å². The molecule has 0 aliphatic heterocycles. The van der Waals surface area contributed by atoms with E-state index < -0.39 is 0 Å². The van der Waals surface area contributed by atoms with Crippen molar-refractivity contribution < 1.29 is 4.79 Å². The molecule has 0 heterocycles. The highest BCUT2D eigenvalue weighted by Gasteiger charge is 2.53. The SMILES string of the molecule is C[C@]12CCC3=C4CCC(c5ccc(I)cc5)CC4CC[C@H]3[C@@H]1CCC2=O. The van der Waals surface area contributed by atoms with Crippen molar-refractivity contribution in [1.29, 1.82) is 0 Å². The molecule has 0 N–H and O–H groups in total. The number of allylic oxidation sites excluding steroid dienone is 2. The van der Waals surface area contributed by atoms with Crippen LogP contribution in [0, 0.1) is 26.7 Å². The first kappa shape index (κ1) is 17.5. The lowest BCUT2D eigenvalue weighted by Gasteiger charge is -2.48. The van der Waals surface area contributed by atoms with Crippen LogP contribution in [0.5, 0.6) is 0 Å². The number of carbonyl (C=O) groups excluding carboxylic acids is 1. The van der Waals surface area contributed by atoms with Crippen molar-refractivity contribution in [2.45, 2.75) is 70.6 Å². The molecular formula is C24H29IO. The molecule has 5 rings (SSSR count). The molecule has 0 radical (unpaired) electrons. The molecule has 4 aliphatic carbocycles. The van der Waals surface area contributed by atoms with Crippen LogP contribution in [0.15, 0.2) is 35.4 Å². The normalized spacial score (nSPS) is 39.4. The summed E-state index contributed by atoms with van der Waals surface area (Å²) >= 11 is 2.40. The minimum Gasteiger partial charge on any atom is -0.299 e. The molecule has 5 atom stereocenters. The quantitative estimate of drug-likeness (QED) is 0.338. The number of benzene rings is 1. The van der Waals surface area contributed by atoms with E-state index in [9.17, 15) is 4.79 Å². The maximum atomic E-state index is 12.5. The fraction of sp³-hybridized carbons (Fsp3) is 0.625. The molecule has 2 heteroatoms. The van der Waals surface area contributed by atoms with Crippen LogP contribution in [0.3, 0.4) is 0 Å². The smallest absolute Gasteiger partial charge is 0.139 e. The largest absolute Gasteiger partial charge is 0.299 e. The van der Waals surface area contributed by atoms with Crippen molar-refractivity contribution >= 4 is 28.4 Å². The molecule has 138 valence electrons. The molecule has 1 aromatic carbocycles. The summed E-state index contributed by atoms with van der Waals surface area (Å²) in [4.78, 5) is 12.5. The van der Waals surface area contributed by atoms with Gasteiger partial charge in [0, 0.05) is 15.4 Å². The zero-order valence-corrected chi connectivity index (χ0v) is 17.9. The Kier molecular flexibility index (Phi) is 4.34. The Morgan fingerprint density at radius 3 is 2.54 bits per heavy atom. The summed E-state index contributed by atoms with van der Waals surface area (Å²) in [6.45, 7) is 2.29. The number of fused-ring (bicyclic) bond motifs is 4. The Balaban J connectivity index is 1.40. The van der Waals surface area contributed by atoms with Gasteiger partial charge >= 0.3 is 0 Å². The first-order valence-electron chi connectivity index (χ1n) is 10.6. The number of Topliss-reactive ketones (excluding diaryl/α,β-unsaturated/α-hetero) is 1. The van der Waals surface area contributed by atoms with Crippen LogP contribution >= 0.6 is 22.6 Å². The Morgan fingerprint density at radius 2 is 1.73 bits per heavy atom. The highest BCUT2D eigenvalue weighted by molar-refractivity contribution is 14.1. The fourth-order valence-electron chi connectivity index (χ4n) is 6.93. The standard InChI is InChI=1S/C24H29IO/c1-24-13-12-20-19-8-4-16(15-2-6-18(25)7-3-15)14-17(19)5-9-21(20)22(24)10-11-23(24)26/h2-3,6-7,16-17,21-22H,4-5,8-14H2,1H3/t16?,17?,21-,22+,24+/m1/s1. The minimum atomic E-state index is 0.0138. The van der Waals surface area contributed by atoms with Gasteiger partial charge in [-0.15, -0.1) is 0 Å². The first-order chi connectivity index (χ1) is 12.6. The topological polar surface area (TPSA) is 17.1 Å². The van der Waals surface area contributed by atoms with Gasteiger partial charge in [-0.05, 0) is 115 Å². The molecule has 2 unspecified atom stereocenters. The molecule has 3 fully saturated rings. The number of ketones is 1. The second kappa shape index (κ2) is 6.46. The van der Waals surface area contributed by atoms with Gasteiger partial charge in [0.25, 0.3) is 0 Å². The van der Waals surface area contributed by atoms with Gasteiger partial charge in [0.15, 0.2) is 0 Å². The molecule has 4 aliphatic rings. The summed E-state index contributed by atoms with van der Waals surface area (Å²) in [5.74, 6) is 3.53. The van der Waals surface area contributed by atoms with Crippen LogP contribution in [0.25, 0.3) is 0 Å². The maximum absolute atomic E-state index is 12.5. The third kappa shape index (κ3) is 2.65. The summed E-state index contributed by atoms with van der Waals surface area (Å²) in [7, 11) is 0. The molecule has 26 heavy (non-hydrogen) atoms. The minimum absolute atomic E-state index is 0.0138. The van der Waals surface area contributed by atoms with Crippen molar-refractivity contribution in [1.82, 2.24) is 0 Å². The molecule has 0 saturated heterocycles. The summed E-state index contributed by atoms with van der Waals surface area (Å²) in [5.41, 5.74) is 5.22. The molecule has 0 amide bonds. The van der Waals surface area contributed by atoms with Crippen LogP contribution in [0.4, 0.5) is 0 Å². The summed E-state index contributed by atoms with van der Waals surface area (Å²) in [6, 6.07) is 9.23. The van der Waals surface area contributed by atoms with Gasteiger partial charge in [-0.3, -0.25) is 4.79 Å². The predicted octanol–water partition coefficient (Wildman–Crippen LogP) is 6.66. The Hall–Kier alpha value is -0.640. The molecule has 3 saturated carbocycles. The number of carbonyl (C=O) groups is 1. The van der Waals surface area contributed by atoms with Gasteiger partial charge in [0.1, 0.15) is 5.78 Å². The van der Waals surface area contributed by atoms with Crippen molar-refractivity contribution in [2.75, 3.05) is 0 Å². The predicted molar refractivity (Wildman–Crippen MR) is 114 cm³/mol. The summed E-state index contributed by atoms with van der Waals surface area (Å²) in [6.07, 6.45) is 11.0. The van der Waals surface area contributed by atoms with Gasteiger partial charge < -0.3 is 0 Å². The highest BCUT2D eigenvalue weighted by Crippen LogP contribution is 2.59. The fourth-order valence-corrected chi connectivity index (χ4v) is 7.29. The lowest BCUT2D eigenvalue weighted by molar-refractivity contribution is -0.128. The van der Waals surface area contributed by atoms with E-state index in [0.717, 1.165) is 37.0 Å². The second-order valence-electron chi connectivity index (χ2n) is 9.44. The average molecular weight is 460 g/mol. The zero-order valence-electron chi connectivity index (χ0n) is 15.8. The monoisotopic (exact) mass is 460 g/mol. The first-order valence-corrected chi connectivity index (χ1v) is 11.6. The van der Waals surface area contributed by atoms with Crippen LogP contribution in [0.1, 0.15) is 76.2 Å². The van der Waals surface area contributed by atoms with Gasteiger partial charge in [-0.1, -0.05) is 30.2 Å². The van der Waals surface area contributed by atoms with E-state index in [0.29, 0.717) is 11.7 Å². The lowest BCUT2D eigenvalue weighted by atomic mass is 9.56. The number of rotatable bonds is 1. The maximum Gasteiger partial charge on any atom is 0.139 e. The van der Waals surface area contributed by atoms with E-state index in [1.165, 1.54) is 42.1 Å². The molecule has 0 spiro atoms. The molecule has 1 aromatic rings. The number of halogens is 1. The second-order valence-corrected chi connectivity index (χ2v) is 10.7. The van der Waals surface area contributed by atoms with Gasteiger partial charge in [0.05, 0.1) is 0 Å². The molecule has 0 aromatic heterocycles. The van der Waals surface area contributed by atoms with Crippen molar-refractivity contribution in [3.63, 3.8) is 0 Å². The number of hydrogen-bond donors (Lipinski definition) is 0. The van der Waals surface area contributed by atoms with Gasteiger partial charge in [-0.2, -0.15) is 0 Å². The van der Waals surface area contributed by atoms with Gasteiger partial charge in [-0.25, -0.2) is 0 Å². The molecule has 1 nitrogen and oxygen atoms in total. The lowest BCUT2D eigenvalue weighted by Crippen LogP contribution is -2.41. The summed E-state index contributed by atoms with van der Waals surface area (Å²) < 4.78 is 1.34. The van der Waals surface area contributed by atoms with Crippen molar-refractivity contribution in [3.05, 3.63) is 44.5 Å². The van der Waals surface area contributed by atoms with E-state index in [4.69, 9.17) is 0 Å². The molecule has 0 bridgehead atoms.